The molecule has 1 amide bonds. The third-order valence-electron chi connectivity index (χ3n) is 2.80. The van der Waals surface area contributed by atoms with Gasteiger partial charge in [-0.2, -0.15) is 0 Å². The molecule has 1 heterocycles. The highest BCUT2D eigenvalue weighted by atomic mass is 32.2. The minimum Gasteiger partial charge on any atom is -0.323 e. The third-order valence-corrected chi connectivity index (χ3v) is 5.82. The molecule has 4 heteroatoms. The second-order valence-corrected chi connectivity index (χ2v) is 7.15. The molecule has 1 N–H and O–H groups in total. The second kappa shape index (κ2) is 8.22. The maximum absolute atomic E-state index is 11.7. The van der Waals surface area contributed by atoms with Crippen molar-refractivity contribution in [1.29, 1.82) is 0 Å². The van der Waals surface area contributed by atoms with E-state index < -0.39 is 0 Å². The number of amides is 1. The molecule has 0 unspecified atom stereocenters. The monoisotopic (exact) mass is 305 g/mol. The minimum atomic E-state index is -0.0933. The van der Waals surface area contributed by atoms with Gasteiger partial charge in [-0.25, -0.2) is 0 Å². The van der Waals surface area contributed by atoms with Crippen molar-refractivity contribution in [2.75, 3.05) is 16.8 Å². The highest BCUT2D eigenvalue weighted by Gasteiger charge is 2.16. The zero-order valence-electron chi connectivity index (χ0n) is 11.5. The minimum absolute atomic E-state index is 0.0933. The number of thioether (sulfide) groups is 2. The van der Waals surface area contributed by atoms with Gasteiger partial charge in [0, 0.05) is 11.8 Å². The Morgan fingerprint density at radius 3 is 2.85 bits per heavy atom. The summed E-state index contributed by atoms with van der Waals surface area (Å²) < 4.78 is 0.499. The van der Waals surface area contributed by atoms with E-state index in [-0.39, 0.29) is 5.91 Å². The molecule has 1 aromatic rings. The van der Waals surface area contributed by atoms with E-state index in [4.69, 9.17) is 0 Å². The van der Waals surface area contributed by atoms with E-state index in [1.165, 1.54) is 29.6 Å². The predicted octanol–water partition coefficient (Wildman–Crippen LogP) is 4.63. The first kappa shape index (κ1) is 15.3. The van der Waals surface area contributed by atoms with Crippen LogP contribution in [-0.2, 0) is 4.79 Å². The molecule has 0 saturated carbocycles. The molecule has 1 aromatic carbocycles. The fourth-order valence-corrected chi connectivity index (χ4v) is 4.75. The van der Waals surface area contributed by atoms with Gasteiger partial charge in [-0.15, -0.1) is 23.5 Å². The molecule has 1 aliphatic rings. The van der Waals surface area contributed by atoms with Gasteiger partial charge in [0.1, 0.15) is 0 Å². The van der Waals surface area contributed by atoms with Gasteiger partial charge in [-0.05, 0) is 42.5 Å². The quantitative estimate of drug-likeness (QED) is 0.650. The lowest BCUT2D eigenvalue weighted by Crippen LogP contribution is -2.08. The first-order chi connectivity index (χ1) is 9.79. The van der Waals surface area contributed by atoms with Crippen molar-refractivity contribution < 1.29 is 4.79 Å². The Balaban J connectivity index is 2.00. The van der Waals surface area contributed by atoms with Crippen LogP contribution in [0.1, 0.15) is 23.5 Å². The SMILES string of the molecule is C/C=C/C=C/C(=O)Nc1cccc(C2SCCCS2)c1. The fraction of sp³-hybridized carbons (Fsp3) is 0.312. The molecule has 1 fully saturated rings. The van der Waals surface area contributed by atoms with Crippen LogP contribution >= 0.6 is 23.5 Å². The summed E-state index contributed by atoms with van der Waals surface area (Å²) in [4.78, 5) is 11.7. The smallest absolute Gasteiger partial charge is 0.248 e. The summed E-state index contributed by atoms with van der Waals surface area (Å²) in [5, 5.41) is 2.90. The Kier molecular flexibility index (Phi) is 6.27. The first-order valence-electron chi connectivity index (χ1n) is 6.73. The summed E-state index contributed by atoms with van der Waals surface area (Å²) in [6, 6.07) is 8.16. The first-order valence-corrected chi connectivity index (χ1v) is 8.83. The van der Waals surface area contributed by atoms with Crippen LogP contribution in [-0.4, -0.2) is 17.4 Å². The van der Waals surface area contributed by atoms with Crippen LogP contribution in [0.3, 0.4) is 0 Å². The number of benzene rings is 1. The topological polar surface area (TPSA) is 29.1 Å². The Labute approximate surface area is 129 Å². The molecule has 0 atom stereocenters. The van der Waals surface area contributed by atoms with Gasteiger partial charge in [0.15, 0.2) is 0 Å². The number of carbonyl (C=O) groups excluding carboxylic acids is 1. The molecular weight excluding hydrogens is 286 g/mol. The van der Waals surface area contributed by atoms with Gasteiger partial charge >= 0.3 is 0 Å². The molecule has 0 radical (unpaired) electrons. The molecule has 106 valence electrons. The van der Waals surface area contributed by atoms with Gasteiger partial charge < -0.3 is 5.32 Å². The van der Waals surface area contributed by atoms with Crippen LogP contribution in [0.25, 0.3) is 0 Å². The highest BCUT2D eigenvalue weighted by molar-refractivity contribution is 8.16. The fourth-order valence-electron chi connectivity index (χ4n) is 1.88. The van der Waals surface area contributed by atoms with E-state index in [1.807, 2.05) is 54.7 Å². The number of rotatable bonds is 4. The molecule has 2 rings (SSSR count). The van der Waals surface area contributed by atoms with Gasteiger partial charge in [0.05, 0.1) is 4.58 Å². The number of nitrogens with one attached hydrogen (secondary N) is 1. The number of allylic oxidation sites excluding steroid dienone is 3. The van der Waals surface area contributed by atoms with E-state index in [1.54, 1.807) is 6.08 Å². The van der Waals surface area contributed by atoms with Crippen LogP contribution in [0.5, 0.6) is 0 Å². The molecule has 0 spiro atoms. The van der Waals surface area contributed by atoms with Crippen molar-refractivity contribution in [3.05, 3.63) is 54.1 Å². The zero-order valence-corrected chi connectivity index (χ0v) is 13.2. The van der Waals surface area contributed by atoms with Crippen molar-refractivity contribution >= 4 is 35.1 Å². The third kappa shape index (κ3) is 4.76. The van der Waals surface area contributed by atoms with Crippen LogP contribution in [0.15, 0.2) is 48.6 Å². The Hall–Kier alpha value is -1.13. The number of carbonyl (C=O) groups is 1. The van der Waals surface area contributed by atoms with Crippen molar-refractivity contribution in [2.45, 2.75) is 17.9 Å². The molecule has 1 aliphatic heterocycles. The largest absolute Gasteiger partial charge is 0.323 e. The van der Waals surface area contributed by atoms with E-state index in [2.05, 4.69) is 17.4 Å². The van der Waals surface area contributed by atoms with Crippen molar-refractivity contribution in [1.82, 2.24) is 0 Å². The Morgan fingerprint density at radius 1 is 1.30 bits per heavy atom. The summed E-state index contributed by atoms with van der Waals surface area (Å²) in [5.74, 6) is 2.35. The Bertz CT molecular complexity index is 505. The van der Waals surface area contributed by atoms with Crippen LogP contribution in [0.4, 0.5) is 5.69 Å². The standard InChI is InChI=1S/C16H19NOS2/c1-2-3-4-9-15(18)17-14-8-5-7-13(12-14)16-19-10-6-11-20-16/h2-5,7-9,12,16H,6,10-11H2,1H3,(H,17,18)/b3-2+,9-4+. The van der Waals surface area contributed by atoms with E-state index in [0.29, 0.717) is 4.58 Å². The molecule has 20 heavy (non-hydrogen) atoms. The average Bonchev–Trinajstić information content (AvgIpc) is 2.49. The number of hydrogen-bond acceptors (Lipinski definition) is 3. The van der Waals surface area contributed by atoms with E-state index >= 15 is 0 Å². The summed E-state index contributed by atoms with van der Waals surface area (Å²) in [7, 11) is 0. The van der Waals surface area contributed by atoms with Gasteiger partial charge in [-0.1, -0.05) is 30.4 Å². The van der Waals surface area contributed by atoms with Crippen molar-refractivity contribution in [3.63, 3.8) is 0 Å². The lowest BCUT2D eigenvalue weighted by atomic mass is 10.2. The lowest BCUT2D eigenvalue weighted by Gasteiger charge is -2.21. The average molecular weight is 305 g/mol. The van der Waals surface area contributed by atoms with Crippen LogP contribution in [0, 0.1) is 0 Å². The molecule has 1 saturated heterocycles. The second-order valence-electron chi connectivity index (χ2n) is 4.43. The number of hydrogen-bond donors (Lipinski definition) is 1. The number of anilines is 1. The summed E-state index contributed by atoms with van der Waals surface area (Å²) >= 11 is 3.98. The molecule has 0 aromatic heterocycles. The van der Waals surface area contributed by atoms with Gasteiger partial charge in [0.25, 0.3) is 0 Å². The Morgan fingerprint density at radius 2 is 2.10 bits per heavy atom. The van der Waals surface area contributed by atoms with Gasteiger partial charge in [-0.3, -0.25) is 4.79 Å². The van der Waals surface area contributed by atoms with Crippen LogP contribution < -0.4 is 5.32 Å². The summed E-state index contributed by atoms with van der Waals surface area (Å²) in [6.07, 6.45) is 8.30. The maximum Gasteiger partial charge on any atom is 0.248 e. The molecule has 0 bridgehead atoms. The van der Waals surface area contributed by atoms with E-state index in [0.717, 1.165) is 5.69 Å². The maximum atomic E-state index is 11.7. The van der Waals surface area contributed by atoms with Crippen LogP contribution in [0.2, 0.25) is 0 Å². The van der Waals surface area contributed by atoms with Crippen molar-refractivity contribution in [3.8, 4) is 0 Å². The molecule has 0 aliphatic carbocycles. The van der Waals surface area contributed by atoms with Gasteiger partial charge in [0.2, 0.25) is 5.91 Å². The van der Waals surface area contributed by atoms with E-state index in [9.17, 15) is 4.79 Å². The lowest BCUT2D eigenvalue weighted by molar-refractivity contribution is -0.111. The summed E-state index contributed by atoms with van der Waals surface area (Å²) in [6.45, 7) is 1.92. The molecular formula is C16H19NOS2. The zero-order chi connectivity index (χ0) is 14.2. The predicted molar refractivity (Wildman–Crippen MR) is 91.3 cm³/mol. The normalized spacial score (nSPS) is 16.9. The van der Waals surface area contributed by atoms with Crippen molar-refractivity contribution in [2.24, 2.45) is 0 Å². The highest BCUT2D eigenvalue weighted by Crippen LogP contribution is 2.43. The molecule has 2 nitrogen and oxygen atoms in total. The summed E-state index contributed by atoms with van der Waals surface area (Å²) in [5.41, 5.74) is 2.15.